The minimum absolute atomic E-state index is 0.0898. The number of unbranched alkanes of at least 4 members (excludes halogenated alkanes) is 1. The molecular weight excluding hydrogens is 424 g/mol. The molecule has 3 aliphatic rings. The van der Waals surface area contributed by atoms with E-state index < -0.39 is 10.0 Å². The highest BCUT2D eigenvalue weighted by Gasteiger charge is 2.47. The van der Waals surface area contributed by atoms with Crippen LogP contribution >= 0.6 is 0 Å². The SMILES string of the molecule is CCCCS(=O)(=O)N1C[C@H]2CC[C@@H]1[C@H](C(=O)Nc1ccc(OCc3ccccc3)cc1)C2. The molecule has 2 aromatic rings. The maximum absolute atomic E-state index is 13.1. The van der Waals surface area contributed by atoms with Crippen molar-refractivity contribution in [3.05, 3.63) is 60.2 Å². The first-order valence-corrected chi connectivity index (χ1v) is 13.1. The summed E-state index contributed by atoms with van der Waals surface area (Å²) < 4.78 is 33.1. The largest absolute Gasteiger partial charge is 0.489 e. The first-order valence-electron chi connectivity index (χ1n) is 11.5. The van der Waals surface area contributed by atoms with E-state index in [-0.39, 0.29) is 29.5 Å². The van der Waals surface area contributed by atoms with Gasteiger partial charge in [-0.1, -0.05) is 43.7 Å². The maximum Gasteiger partial charge on any atom is 0.229 e. The van der Waals surface area contributed by atoms with Crippen LogP contribution < -0.4 is 10.1 Å². The van der Waals surface area contributed by atoms with Gasteiger partial charge in [-0.15, -0.1) is 0 Å². The minimum Gasteiger partial charge on any atom is -0.489 e. The topological polar surface area (TPSA) is 75.7 Å². The fourth-order valence-electron chi connectivity index (χ4n) is 4.80. The number of piperidine rings is 2. The quantitative estimate of drug-likeness (QED) is 0.605. The Bertz CT molecular complexity index is 1010. The Morgan fingerprint density at radius 3 is 2.53 bits per heavy atom. The molecule has 6 nitrogen and oxygen atoms in total. The van der Waals surface area contributed by atoms with E-state index in [1.54, 1.807) is 4.31 Å². The summed E-state index contributed by atoms with van der Waals surface area (Å²) in [6.45, 7) is 3.04. The van der Waals surface area contributed by atoms with Crippen molar-refractivity contribution in [1.82, 2.24) is 4.31 Å². The molecule has 172 valence electrons. The molecule has 2 bridgehead atoms. The standard InChI is InChI=1S/C25H32N2O4S/c1-2-3-15-32(29,30)27-17-20-9-14-24(27)23(16-20)25(28)26-21-10-12-22(13-11-21)31-18-19-7-5-4-6-8-19/h4-8,10-13,20,23-24H,2-3,9,14-18H2,1H3,(H,26,28)/t20-,23+,24+/m0/s1. The van der Waals surface area contributed by atoms with Crippen molar-refractivity contribution < 1.29 is 17.9 Å². The van der Waals surface area contributed by atoms with Crippen molar-refractivity contribution in [2.45, 2.75) is 51.7 Å². The predicted molar refractivity (Wildman–Crippen MR) is 126 cm³/mol. The van der Waals surface area contributed by atoms with Crippen LogP contribution in [0.3, 0.4) is 0 Å². The summed E-state index contributed by atoms with van der Waals surface area (Å²) in [4.78, 5) is 13.1. The van der Waals surface area contributed by atoms with Gasteiger partial charge in [0.15, 0.2) is 0 Å². The van der Waals surface area contributed by atoms with Gasteiger partial charge in [0.1, 0.15) is 12.4 Å². The van der Waals surface area contributed by atoms with Crippen LogP contribution in [0, 0.1) is 11.8 Å². The van der Waals surface area contributed by atoms with E-state index in [4.69, 9.17) is 4.74 Å². The Morgan fingerprint density at radius 1 is 1.09 bits per heavy atom. The highest BCUT2D eigenvalue weighted by atomic mass is 32.2. The van der Waals surface area contributed by atoms with E-state index in [0.717, 1.165) is 37.0 Å². The molecule has 3 fully saturated rings. The molecule has 0 radical (unpaired) electrons. The molecule has 2 heterocycles. The summed E-state index contributed by atoms with van der Waals surface area (Å²) in [5.74, 6) is 0.782. The lowest BCUT2D eigenvalue weighted by molar-refractivity contribution is -0.125. The van der Waals surface area contributed by atoms with Gasteiger partial charge in [-0.2, -0.15) is 4.31 Å². The molecule has 32 heavy (non-hydrogen) atoms. The third-order valence-electron chi connectivity index (χ3n) is 6.55. The first-order chi connectivity index (χ1) is 15.5. The second kappa shape index (κ2) is 10.0. The summed E-state index contributed by atoms with van der Waals surface area (Å²) in [5.41, 5.74) is 1.79. The monoisotopic (exact) mass is 456 g/mol. The number of hydrogen-bond donors (Lipinski definition) is 1. The number of anilines is 1. The van der Waals surface area contributed by atoms with Gasteiger partial charge in [-0.3, -0.25) is 4.79 Å². The lowest BCUT2D eigenvalue weighted by atomic mass is 9.73. The van der Waals surface area contributed by atoms with Crippen LogP contribution in [-0.4, -0.2) is 37.0 Å². The van der Waals surface area contributed by atoms with E-state index in [1.807, 2.05) is 61.5 Å². The Labute approximate surface area is 191 Å². The number of benzene rings is 2. The Balaban J connectivity index is 1.37. The second-order valence-electron chi connectivity index (χ2n) is 8.88. The summed E-state index contributed by atoms with van der Waals surface area (Å²) in [6, 6.07) is 17.1. The normalized spacial score (nSPS) is 23.1. The van der Waals surface area contributed by atoms with Gasteiger partial charge in [0.25, 0.3) is 0 Å². The third-order valence-corrected chi connectivity index (χ3v) is 8.49. The fraction of sp³-hybridized carbons (Fsp3) is 0.480. The molecule has 5 rings (SSSR count). The zero-order valence-electron chi connectivity index (χ0n) is 18.6. The van der Waals surface area contributed by atoms with Crippen molar-refractivity contribution in [2.75, 3.05) is 17.6 Å². The van der Waals surface area contributed by atoms with Gasteiger partial charge in [-0.25, -0.2) is 8.42 Å². The number of rotatable bonds is 9. The molecule has 1 amide bonds. The molecule has 2 aliphatic heterocycles. The Kier molecular flexibility index (Phi) is 7.16. The number of sulfonamides is 1. The van der Waals surface area contributed by atoms with Crippen molar-refractivity contribution in [3.8, 4) is 5.75 Å². The van der Waals surface area contributed by atoms with Crippen molar-refractivity contribution in [1.29, 1.82) is 0 Å². The Morgan fingerprint density at radius 2 is 1.84 bits per heavy atom. The number of nitrogens with zero attached hydrogens (tertiary/aromatic N) is 1. The van der Waals surface area contributed by atoms with Gasteiger partial charge >= 0.3 is 0 Å². The van der Waals surface area contributed by atoms with Crippen LogP contribution in [0.1, 0.15) is 44.6 Å². The molecule has 1 saturated carbocycles. The summed E-state index contributed by atoms with van der Waals surface area (Å²) in [6.07, 6.45) is 4.03. The predicted octanol–water partition coefficient (Wildman–Crippen LogP) is 4.43. The van der Waals surface area contributed by atoms with Crippen LogP contribution in [0.4, 0.5) is 5.69 Å². The summed E-state index contributed by atoms with van der Waals surface area (Å²) in [7, 11) is -3.31. The number of amides is 1. The van der Waals surface area contributed by atoms with E-state index in [9.17, 15) is 13.2 Å². The van der Waals surface area contributed by atoms with E-state index in [0.29, 0.717) is 25.3 Å². The zero-order chi connectivity index (χ0) is 22.6. The zero-order valence-corrected chi connectivity index (χ0v) is 19.4. The number of ether oxygens (including phenoxy) is 1. The van der Waals surface area contributed by atoms with E-state index >= 15 is 0 Å². The first kappa shape index (κ1) is 22.8. The molecule has 1 N–H and O–H groups in total. The second-order valence-corrected chi connectivity index (χ2v) is 10.9. The van der Waals surface area contributed by atoms with E-state index in [2.05, 4.69) is 5.32 Å². The van der Waals surface area contributed by atoms with Crippen LogP contribution in [0.25, 0.3) is 0 Å². The smallest absolute Gasteiger partial charge is 0.229 e. The lowest BCUT2D eigenvalue weighted by Crippen LogP contribution is -2.58. The van der Waals surface area contributed by atoms with Crippen LogP contribution in [0.15, 0.2) is 54.6 Å². The fourth-order valence-corrected chi connectivity index (χ4v) is 6.79. The summed E-state index contributed by atoms with van der Waals surface area (Å²) >= 11 is 0. The number of hydrogen-bond acceptors (Lipinski definition) is 4. The van der Waals surface area contributed by atoms with Gasteiger partial charge in [-0.05, 0) is 61.4 Å². The van der Waals surface area contributed by atoms with Crippen LogP contribution in [0.2, 0.25) is 0 Å². The molecular formula is C25H32N2O4S. The van der Waals surface area contributed by atoms with Crippen LogP contribution in [-0.2, 0) is 21.4 Å². The summed E-state index contributed by atoms with van der Waals surface area (Å²) in [5, 5.41) is 3.00. The van der Waals surface area contributed by atoms with Crippen LogP contribution in [0.5, 0.6) is 5.75 Å². The third kappa shape index (κ3) is 5.33. The van der Waals surface area contributed by atoms with E-state index in [1.165, 1.54) is 0 Å². The van der Waals surface area contributed by atoms with Gasteiger partial charge in [0, 0.05) is 18.3 Å². The molecule has 0 spiro atoms. The van der Waals surface area contributed by atoms with Gasteiger partial charge in [0.05, 0.1) is 11.7 Å². The molecule has 7 heteroatoms. The average molecular weight is 457 g/mol. The minimum atomic E-state index is -3.31. The molecule has 0 unspecified atom stereocenters. The average Bonchev–Trinajstić information content (AvgIpc) is 2.83. The van der Waals surface area contributed by atoms with Crippen molar-refractivity contribution in [3.63, 3.8) is 0 Å². The number of carbonyl (C=O) groups excluding carboxylic acids is 1. The highest BCUT2D eigenvalue weighted by Crippen LogP contribution is 2.41. The Hall–Kier alpha value is -2.38. The number of fused-ring (bicyclic) bond motifs is 3. The number of carbonyl (C=O) groups is 1. The van der Waals surface area contributed by atoms with Gasteiger partial charge < -0.3 is 10.1 Å². The molecule has 2 saturated heterocycles. The number of nitrogens with one attached hydrogen (secondary N) is 1. The van der Waals surface area contributed by atoms with Crippen molar-refractivity contribution >= 4 is 21.6 Å². The van der Waals surface area contributed by atoms with Crippen molar-refractivity contribution in [2.24, 2.45) is 11.8 Å². The van der Waals surface area contributed by atoms with Gasteiger partial charge in [0.2, 0.25) is 15.9 Å². The molecule has 1 aliphatic carbocycles. The molecule has 2 aromatic carbocycles. The lowest BCUT2D eigenvalue weighted by Gasteiger charge is -2.48. The highest BCUT2D eigenvalue weighted by molar-refractivity contribution is 7.89. The molecule has 3 atom stereocenters. The molecule has 0 aromatic heterocycles. The maximum atomic E-state index is 13.1.